The van der Waals surface area contributed by atoms with Crippen molar-refractivity contribution in [1.29, 1.82) is 0 Å². The summed E-state index contributed by atoms with van der Waals surface area (Å²) < 4.78 is 30.9. The molecule has 100 valence electrons. The monoisotopic (exact) mass is 259 g/mol. The van der Waals surface area contributed by atoms with Crippen LogP contribution in [0.15, 0.2) is 24.3 Å². The van der Waals surface area contributed by atoms with Gasteiger partial charge in [-0.05, 0) is 12.1 Å². The van der Waals surface area contributed by atoms with Crippen LogP contribution in [0.25, 0.3) is 0 Å². The van der Waals surface area contributed by atoms with Crippen LogP contribution in [0.3, 0.4) is 0 Å². The molecular formula is C11H15F2N3O2. The van der Waals surface area contributed by atoms with Crippen LogP contribution in [0.1, 0.15) is 0 Å². The summed E-state index contributed by atoms with van der Waals surface area (Å²) in [5.74, 6) is -2.94. The van der Waals surface area contributed by atoms with E-state index in [9.17, 15) is 13.6 Å². The molecule has 0 aliphatic heterocycles. The number of carbonyl (C=O) groups excluding carboxylic acids is 1. The number of carbonyl (C=O) groups is 1. The van der Waals surface area contributed by atoms with Gasteiger partial charge >= 0.3 is 6.03 Å². The molecule has 0 unspecified atom stereocenters. The SMILES string of the molecule is CNC(=O)Nc1ccccc1OCC(F)(F)CN. The number of anilines is 1. The minimum absolute atomic E-state index is 0.161. The number of nitrogens with two attached hydrogens (primary N) is 1. The van der Waals surface area contributed by atoms with E-state index >= 15 is 0 Å². The van der Waals surface area contributed by atoms with Crippen LogP contribution in [0.5, 0.6) is 5.75 Å². The van der Waals surface area contributed by atoms with Gasteiger partial charge in [0, 0.05) is 7.05 Å². The van der Waals surface area contributed by atoms with Gasteiger partial charge in [0.1, 0.15) is 5.75 Å². The third-order valence-electron chi connectivity index (χ3n) is 2.10. The number of rotatable bonds is 5. The van der Waals surface area contributed by atoms with Crippen LogP contribution >= 0.6 is 0 Å². The predicted molar refractivity (Wildman–Crippen MR) is 64.0 cm³/mol. The third-order valence-corrected chi connectivity index (χ3v) is 2.10. The number of ether oxygens (including phenoxy) is 1. The summed E-state index contributed by atoms with van der Waals surface area (Å²) in [4.78, 5) is 11.1. The Kier molecular flexibility index (Phi) is 4.85. The van der Waals surface area contributed by atoms with Crippen molar-refractivity contribution >= 4 is 11.7 Å². The number of amides is 2. The number of alkyl halides is 2. The lowest BCUT2D eigenvalue weighted by atomic mass is 10.3. The van der Waals surface area contributed by atoms with Gasteiger partial charge in [-0.1, -0.05) is 12.1 Å². The summed E-state index contributed by atoms with van der Waals surface area (Å²) in [5.41, 5.74) is 5.21. The lowest BCUT2D eigenvalue weighted by Gasteiger charge is -2.17. The van der Waals surface area contributed by atoms with Crippen LogP contribution in [0.4, 0.5) is 19.3 Å². The van der Waals surface area contributed by atoms with E-state index in [0.717, 1.165) is 0 Å². The Bertz CT molecular complexity index is 413. The number of hydrogen-bond acceptors (Lipinski definition) is 3. The number of para-hydroxylation sites is 2. The molecule has 0 aliphatic rings. The van der Waals surface area contributed by atoms with E-state index in [4.69, 9.17) is 10.5 Å². The summed E-state index contributed by atoms with van der Waals surface area (Å²) >= 11 is 0. The lowest BCUT2D eigenvalue weighted by Crippen LogP contribution is -2.34. The lowest BCUT2D eigenvalue weighted by molar-refractivity contribution is -0.0317. The number of urea groups is 1. The Balaban J connectivity index is 2.73. The van der Waals surface area contributed by atoms with Crippen LogP contribution in [0.2, 0.25) is 0 Å². The van der Waals surface area contributed by atoms with Gasteiger partial charge in [-0.25, -0.2) is 13.6 Å². The minimum Gasteiger partial charge on any atom is -0.485 e. The van der Waals surface area contributed by atoms with Gasteiger partial charge in [-0.3, -0.25) is 0 Å². The molecule has 4 N–H and O–H groups in total. The van der Waals surface area contributed by atoms with E-state index in [1.807, 2.05) is 0 Å². The van der Waals surface area contributed by atoms with E-state index < -0.39 is 25.1 Å². The highest BCUT2D eigenvalue weighted by molar-refractivity contribution is 5.90. The number of halogens is 2. The zero-order chi connectivity index (χ0) is 13.6. The molecule has 0 saturated heterocycles. The molecule has 2 amide bonds. The van der Waals surface area contributed by atoms with Crippen molar-refractivity contribution in [3.8, 4) is 5.75 Å². The van der Waals surface area contributed by atoms with Crippen LogP contribution < -0.4 is 21.1 Å². The van der Waals surface area contributed by atoms with Crippen molar-refractivity contribution in [2.24, 2.45) is 5.73 Å². The van der Waals surface area contributed by atoms with Gasteiger partial charge in [0.15, 0.2) is 6.61 Å². The van der Waals surface area contributed by atoms with Crippen LogP contribution in [-0.4, -0.2) is 32.2 Å². The molecule has 1 rings (SSSR count). The summed E-state index contributed by atoms with van der Waals surface area (Å²) in [5, 5.41) is 4.81. The molecule has 0 heterocycles. The number of benzene rings is 1. The summed E-state index contributed by atoms with van der Waals surface area (Å²) in [7, 11) is 1.45. The fourth-order valence-electron chi connectivity index (χ4n) is 1.12. The van der Waals surface area contributed by atoms with Crippen molar-refractivity contribution in [2.75, 3.05) is 25.5 Å². The van der Waals surface area contributed by atoms with Crippen molar-refractivity contribution < 1.29 is 18.3 Å². The highest BCUT2D eigenvalue weighted by Crippen LogP contribution is 2.25. The van der Waals surface area contributed by atoms with Crippen molar-refractivity contribution in [1.82, 2.24) is 5.32 Å². The summed E-state index contributed by atoms with van der Waals surface area (Å²) in [6.45, 7) is -1.63. The van der Waals surface area contributed by atoms with E-state index in [1.54, 1.807) is 18.2 Å². The van der Waals surface area contributed by atoms with Gasteiger partial charge in [0.2, 0.25) is 0 Å². The predicted octanol–water partition coefficient (Wildman–Crippen LogP) is 1.41. The van der Waals surface area contributed by atoms with E-state index in [0.29, 0.717) is 5.69 Å². The quantitative estimate of drug-likeness (QED) is 0.748. The van der Waals surface area contributed by atoms with E-state index in [-0.39, 0.29) is 5.75 Å². The standard InChI is InChI=1S/C11H15F2N3O2/c1-15-10(17)16-8-4-2-3-5-9(8)18-7-11(12,13)6-14/h2-5H,6-7,14H2,1H3,(H2,15,16,17). The van der Waals surface area contributed by atoms with Crippen LogP contribution in [-0.2, 0) is 0 Å². The molecule has 18 heavy (non-hydrogen) atoms. The van der Waals surface area contributed by atoms with E-state index in [1.165, 1.54) is 13.1 Å². The molecule has 0 aliphatic carbocycles. The average molecular weight is 259 g/mol. The first-order valence-electron chi connectivity index (χ1n) is 5.27. The Labute approximate surface area is 103 Å². The fourth-order valence-corrected chi connectivity index (χ4v) is 1.12. The second-order valence-electron chi connectivity index (χ2n) is 3.55. The first kappa shape index (κ1) is 14.2. The highest BCUT2D eigenvalue weighted by Gasteiger charge is 2.28. The van der Waals surface area contributed by atoms with Crippen molar-refractivity contribution in [3.05, 3.63) is 24.3 Å². The van der Waals surface area contributed by atoms with Crippen molar-refractivity contribution in [2.45, 2.75) is 5.92 Å². The first-order valence-corrected chi connectivity index (χ1v) is 5.27. The van der Waals surface area contributed by atoms with E-state index in [2.05, 4.69) is 10.6 Å². The maximum absolute atomic E-state index is 12.9. The van der Waals surface area contributed by atoms with Gasteiger partial charge in [-0.15, -0.1) is 0 Å². The smallest absolute Gasteiger partial charge is 0.319 e. The Morgan fingerprint density at radius 1 is 1.44 bits per heavy atom. The molecule has 7 heteroatoms. The largest absolute Gasteiger partial charge is 0.485 e. The third kappa shape index (κ3) is 4.17. The van der Waals surface area contributed by atoms with Crippen molar-refractivity contribution in [3.63, 3.8) is 0 Å². The molecule has 0 fully saturated rings. The van der Waals surface area contributed by atoms with Gasteiger partial charge in [0.25, 0.3) is 5.92 Å². The zero-order valence-electron chi connectivity index (χ0n) is 9.87. The maximum atomic E-state index is 12.9. The normalized spacial score (nSPS) is 10.9. The first-order chi connectivity index (χ1) is 8.48. The number of nitrogens with one attached hydrogen (secondary N) is 2. The van der Waals surface area contributed by atoms with Gasteiger partial charge in [-0.2, -0.15) is 0 Å². The highest BCUT2D eigenvalue weighted by atomic mass is 19.3. The summed E-state index contributed by atoms with van der Waals surface area (Å²) in [6, 6.07) is 5.84. The Morgan fingerprint density at radius 3 is 2.72 bits per heavy atom. The van der Waals surface area contributed by atoms with Gasteiger partial charge < -0.3 is 21.1 Å². The molecular weight excluding hydrogens is 244 g/mol. The fraction of sp³-hybridized carbons (Fsp3) is 0.364. The second kappa shape index (κ2) is 6.15. The molecule has 0 aromatic heterocycles. The summed E-state index contributed by atoms with van der Waals surface area (Å²) in [6.07, 6.45) is 0. The molecule has 0 spiro atoms. The molecule has 0 radical (unpaired) electrons. The Hall–Kier alpha value is -1.89. The molecule has 1 aromatic carbocycles. The maximum Gasteiger partial charge on any atom is 0.319 e. The zero-order valence-corrected chi connectivity index (χ0v) is 9.87. The molecule has 5 nitrogen and oxygen atoms in total. The average Bonchev–Trinajstić information content (AvgIpc) is 2.37. The minimum atomic E-state index is -3.10. The molecule has 0 saturated carbocycles. The Morgan fingerprint density at radius 2 is 2.11 bits per heavy atom. The topological polar surface area (TPSA) is 76.4 Å². The van der Waals surface area contributed by atoms with Gasteiger partial charge in [0.05, 0.1) is 12.2 Å². The van der Waals surface area contributed by atoms with Crippen LogP contribution in [0, 0.1) is 0 Å². The molecule has 0 atom stereocenters. The molecule has 1 aromatic rings. The molecule has 0 bridgehead atoms. The second-order valence-corrected chi connectivity index (χ2v) is 3.55. The number of hydrogen-bond donors (Lipinski definition) is 3.